The van der Waals surface area contributed by atoms with E-state index in [9.17, 15) is 9.59 Å². The van der Waals surface area contributed by atoms with Crippen molar-refractivity contribution in [1.82, 2.24) is 9.97 Å². The second-order valence-electron chi connectivity index (χ2n) is 8.42. The van der Waals surface area contributed by atoms with Crippen LogP contribution in [0.5, 0.6) is 0 Å². The van der Waals surface area contributed by atoms with Gasteiger partial charge in [0.15, 0.2) is 16.4 Å². The van der Waals surface area contributed by atoms with Crippen LogP contribution in [0, 0.1) is 20.8 Å². The molecule has 5 nitrogen and oxygen atoms in total. The molecule has 33 heavy (non-hydrogen) atoms. The van der Waals surface area contributed by atoms with E-state index in [2.05, 4.69) is 29.0 Å². The molecule has 0 saturated heterocycles. The lowest BCUT2D eigenvalue weighted by Gasteiger charge is -2.07. The Hall–Kier alpha value is -3.90. The van der Waals surface area contributed by atoms with Gasteiger partial charge in [0, 0.05) is 16.7 Å². The molecular weight excluding hydrogens is 432 g/mol. The number of hydrogen-bond acceptors (Lipinski definition) is 6. The molecule has 0 amide bonds. The van der Waals surface area contributed by atoms with Crippen LogP contribution in [0.4, 0.5) is 0 Å². The Balaban J connectivity index is 1.39. The van der Waals surface area contributed by atoms with E-state index in [0.717, 1.165) is 27.5 Å². The number of aromatic nitrogens is 2. The Labute approximate surface area is 193 Å². The monoisotopic (exact) mass is 450 g/mol. The number of nitrogens with zero attached hydrogens (tertiary/aromatic N) is 2. The maximum atomic E-state index is 13.0. The van der Waals surface area contributed by atoms with Gasteiger partial charge < -0.3 is 4.42 Å². The molecule has 0 saturated carbocycles. The van der Waals surface area contributed by atoms with Crippen molar-refractivity contribution >= 4 is 50.3 Å². The number of ketones is 2. The quantitative estimate of drug-likeness (QED) is 0.227. The third kappa shape index (κ3) is 3.06. The first-order chi connectivity index (χ1) is 15.9. The minimum Gasteiger partial charge on any atom is -0.417 e. The van der Waals surface area contributed by atoms with E-state index >= 15 is 0 Å². The Kier molecular flexibility index (Phi) is 4.22. The molecule has 0 radical (unpaired) electrons. The molecule has 6 heteroatoms. The fraction of sp³-hybridized carbons (Fsp3) is 0.111. The number of Topliss-reactive ketones (excluding diaryl/α,β-unsaturated/α-hetero) is 2. The van der Waals surface area contributed by atoms with E-state index in [1.807, 2.05) is 38.1 Å². The number of carbonyl (C=O) groups excluding carboxylic acids is 2. The maximum Gasteiger partial charge on any atom is 0.259 e. The van der Waals surface area contributed by atoms with Gasteiger partial charge in [-0.05, 0) is 60.9 Å². The summed E-state index contributed by atoms with van der Waals surface area (Å²) in [5.41, 5.74) is 5.76. The number of rotatable bonds is 2. The van der Waals surface area contributed by atoms with Gasteiger partial charge in [-0.1, -0.05) is 53.3 Å². The van der Waals surface area contributed by atoms with Crippen molar-refractivity contribution in [3.8, 4) is 11.5 Å². The van der Waals surface area contributed by atoms with Crippen LogP contribution < -0.4 is 0 Å². The van der Waals surface area contributed by atoms with Gasteiger partial charge in [-0.15, -0.1) is 0 Å². The van der Waals surface area contributed by atoms with Crippen LogP contribution in [0.25, 0.3) is 38.8 Å². The van der Waals surface area contributed by atoms with Crippen molar-refractivity contribution in [3.63, 3.8) is 0 Å². The van der Waals surface area contributed by atoms with Gasteiger partial charge in [0.2, 0.25) is 5.89 Å². The number of allylic oxidation sites excluding steroid dienone is 1. The van der Waals surface area contributed by atoms with Crippen LogP contribution in [0.3, 0.4) is 0 Å². The van der Waals surface area contributed by atoms with Crippen molar-refractivity contribution in [2.75, 3.05) is 0 Å². The highest BCUT2D eigenvalue weighted by Gasteiger charge is 2.33. The summed E-state index contributed by atoms with van der Waals surface area (Å²) in [4.78, 5) is 35.8. The van der Waals surface area contributed by atoms with Gasteiger partial charge in [0.05, 0.1) is 5.57 Å². The summed E-state index contributed by atoms with van der Waals surface area (Å²) in [5.74, 6) is -0.00989. The predicted octanol–water partition coefficient (Wildman–Crippen LogP) is 6.49. The summed E-state index contributed by atoms with van der Waals surface area (Å²) >= 11 is 1.30. The van der Waals surface area contributed by atoms with E-state index in [-0.39, 0.29) is 17.1 Å². The zero-order valence-electron chi connectivity index (χ0n) is 18.2. The fourth-order valence-corrected chi connectivity index (χ4v) is 5.41. The highest BCUT2D eigenvalue weighted by atomic mass is 32.1. The van der Waals surface area contributed by atoms with Crippen LogP contribution >= 0.6 is 11.3 Å². The molecule has 0 atom stereocenters. The Morgan fingerprint density at radius 1 is 0.848 bits per heavy atom. The first-order valence-corrected chi connectivity index (χ1v) is 11.4. The van der Waals surface area contributed by atoms with Crippen LogP contribution in [0.2, 0.25) is 0 Å². The van der Waals surface area contributed by atoms with Gasteiger partial charge in [-0.25, -0.2) is 0 Å². The van der Waals surface area contributed by atoms with Crippen molar-refractivity contribution < 1.29 is 14.0 Å². The number of hydrogen-bond donors (Lipinski definition) is 0. The van der Waals surface area contributed by atoms with Gasteiger partial charge in [0.1, 0.15) is 5.01 Å². The summed E-state index contributed by atoms with van der Waals surface area (Å²) in [6.07, 6.45) is 1.55. The number of thiazole rings is 1. The summed E-state index contributed by atoms with van der Waals surface area (Å²) in [6, 6.07) is 15.5. The molecule has 5 aromatic rings. The molecule has 0 aliphatic heterocycles. The van der Waals surface area contributed by atoms with Crippen molar-refractivity contribution in [1.29, 1.82) is 0 Å². The average molecular weight is 451 g/mol. The molecule has 0 fully saturated rings. The zero-order chi connectivity index (χ0) is 22.9. The maximum absolute atomic E-state index is 13.0. The van der Waals surface area contributed by atoms with Crippen LogP contribution in [-0.2, 0) is 0 Å². The first-order valence-electron chi connectivity index (χ1n) is 10.6. The number of aryl methyl sites for hydroxylation is 3. The van der Waals surface area contributed by atoms with E-state index in [1.165, 1.54) is 16.9 Å². The molecule has 3 aromatic carbocycles. The summed E-state index contributed by atoms with van der Waals surface area (Å²) in [6.45, 7) is 6.14. The Morgan fingerprint density at radius 2 is 1.45 bits per heavy atom. The topological polar surface area (TPSA) is 73.1 Å². The lowest BCUT2D eigenvalue weighted by Crippen LogP contribution is -2.00. The zero-order valence-corrected chi connectivity index (χ0v) is 19.0. The molecule has 6 rings (SSSR count). The molecule has 2 aromatic heterocycles. The SMILES string of the molecule is Cc1cc(C)c(-c2nc3sc(C=C4C(=O)c5cc6ccccc6cc5C4=O)nc3o2)c(C)c1. The van der Waals surface area contributed by atoms with Gasteiger partial charge in [-0.2, -0.15) is 9.97 Å². The third-order valence-corrected chi connectivity index (χ3v) is 6.89. The normalized spacial score (nSPS) is 13.4. The lowest BCUT2D eigenvalue weighted by atomic mass is 10.00. The molecular formula is C27H18N2O3S. The highest BCUT2D eigenvalue weighted by Crippen LogP contribution is 2.35. The Morgan fingerprint density at radius 3 is 2.03 bits per heavy atom. The summed E-state index contributed by atoms with van der Waals surface area (Å²) < 4.78 is 5.96. The van der Waals surface area contributed by atoms with E-state index in [1.54, 1.807) is 18.2 Å². The molecule has 0 bridgehead atoms. The summed E-state index contributed by atoms with van der Waals surface area (Å²) in [7, 11) is 0. The molecule has 0 N–H and O–H groups in total. The van der Waals surface area contributed by atoms with Crippen molar-refractivity contribution in [2.45, 2.75) is 20.8 Å². The van der Waals surface area contributed by atoms with Crippen molar-refractivity contribution in [3.05, 3.63) is 86.9 Å². The van der Waals surface area contributed by atoms with Crippen LogP contribution in [-0.4, -0.2) is 21.5 Å². The van der Waals surface area contributed by atoms with E-state index in [0.29, 0.717) is 32.6 Å². The number of oxazole rings is 1. The van der Waals surface area contributed by atoms with E-state index < -0.39 is 0 Å². The minimum absolute atomic E-state index is 0.127. The highest BCUT2D eigenvalue weighted by molar-refractivity contribution is 7.18. The molecule has 2 heterocycles. The van der Waals surface area contributed by atoms with Gasteiger partial charge in [0.25, 0.3) is 5.71 Å². The fourth-order valence-electron chi connectivity index (χ4n) is 4.61. The minimum atomic E-state index is -0.271. The molecule has 0 unspecified atom stereocenters. The number of benzene rings is 3. The van der Waals surface area contributed by atoms with E-state index in [4.69, 9.17) is 4.42 Å². The standard InChI is InChI=1S/C27H18N2O3S/c1-13-8-14(2)22(15(3)9-13)25-29-27-26(32-25)28-21(33-27)12-20-23(30)18-10-16-6-4-5-7-17(16)11-19(18)24(20)31/h4-12H,1-3H3. The lowest BCUT2D eigenvalue weighted by molar-refractivity contribution is 0.0990. The van der Waals surface area contributed by atoms with Crippen molar-refractivity contribution in [2.24, 2.45) is 0 Å². The largest absolute Gasteiger partial charge is 0.417 e. The van der Waals surface area contributed by atoms with Gasteiger partial charge in [-0.3, -0.25) is 9.59 Å². The third-order valence-electron chi connectivity index (χ3n) is 6.02. The number of fused-ring (bicyclic) bond motifs is 3. The van der Waals surface area contributed by atoms with Crippen LogP contribution in [0.1, 0.15) is 42.4 Å². The molecule has 160 valence electrons. The van der Waals surface area contributed by atoms with Gasteiger partial charge >= 0.3 is 0 Å². The molecule has 0 spiro atoms. The average Bonchev–Trinajstić information content (AvgIpc) is 3.39. The van der Waals surface area contributed by atoms with Crippen LogP contribution in [0.15, 0.2) is 58.5 Å². The number of carbonyl (C=O) groups is 2. The Bertz CT molecular complexity index is 1580. The molecule has 1 aliphatic carbocycles. The second kappa shape index (κ2) is 7.05. The first kappa shape index (κ1) is 19.8. The summed E-state index contributed by atoms with van der Waals surface area (Å²) in [5, 5.41) is 2.39. The molecule has 1 aliphatic rings. The predicted molar refractivity (Wildman–Crippen MR) is 130 cm³/mol. The second-order valence-corrected chi connectivity index (χ2v) is 9.43. The smallest absolute Gasteiger partial charge is 0.259 e.